The Morgan fingerprint density at radius 3 is 2.64 bits per heavy atom. The fourth-order valence-electron chi connectivity index (χ4n) is 2.01. The number of nitrogens with zero attached hydrogens (tertiary/aromatic N) is 1. The Hall–Kier alpha value is -3.08. The summed E-state index contributed by atoms with van der Waals surface area (Å²) < 4.78 is 5.21. The molecule has 0 saturated heterocycles. The molecule has 5 nitrogen and oxygen atoms in total. The monoisotopic (exact) mass is 294 g/mol. The smallest absolute Gasteiger partial charge is 0.277 e. The number of benzene rings is 2. The summed E-state index contributed by atoms with van der Waals surface area (Å²) in [5, 5.41) is 15.8. The maximum Gasteiger partial charge on any atom is 0.277 e. The molecule has 0 bridgehead atoms. The van der Waals surface area contributed by atoms with E-state index >= 15 is 0 Å². The van der Waals surface area contributed by atoms with Crippen LogP contribution in [-0.2, 0) is 0 Å². The van der Waals surface area contributed by atoms with Gasteiger partial charge in [-0.15, -0.1) is 0 Å². The molecule has 0 aliphatic rings. The second-order valence-corrected chi connectivity index (χ2v) is 4.95. The molecule has 22 heavy (non-hydrogen) atoms. The Kier molecular flexibility index (Phi) is 3.62. The highest BCUT2D eigenvalue weighted by Crippen LogP contribution is 2.22. The van der Waals surface area contributed by atoms with Crippen molar-refractivity contribution >= 4 is 11.6 Å². The van der Waals surface area contributed by atoms with Crippen molar-refractivity contribution in [3.8, 4) is 17.1 Å². The van der Waals surface area contributed by atoms with Gasteiger partial charge in [0.15, 0.2) is 11.5 Å². The van der Waals surface area contributed by atoms with E-state index in [9.17, 15) is 9.90 Å². The predicted molar refractivity (Wildman–Crippen MR) is 82.7 cm³/mol. The highest BCUT2D eigenvalue weighted by atomic mass is 16.5. The Bertz CT molecular complexity index is 807. The number of carbonyl (C=O) groups excluding carboxylic acids is 1. The summed E-state index contributed by atoms with van der Waals surface area (Å²) in [5.74, 6) is 0.215. The van der Waals surface area contributed by atoms with Crippen molar-refractivity contribution in [2.24, 2.45) is 0 Å². The normalized spacial score (nSPS) is 10.4. The SMILES string of the molecule is Cc1ccc(-c2cc(C(=O)Nc3cccc(O)c3)no2)cc1. The van der Waals surface area contributed by atoms with Gasteiger partial charge in [-0.1, -0.05) is 41.1 Å². The number of hydrogen-bond acceptors (Lipinski definition) is 4. The van der Waals surface area contributed by atoms with Gasteiger partial charge in [0.1, 0.15) is 5.75 Å². The molecular weight excluding hydrogens is 280 g/mol. The zero-order valence-corrected chi connectivity index (χ0v) is 11.9. The third-order valence-corrected chi connectivity index (χ3v) is 3.18. The lowest BCUT2D eigenvalue weighted by molar-refractivity contribution is 0.101. The molecule has 0 unspecified atom stereocenters. The van der Waals surface area contributed by atoms with Crippen molar-refractivity contribution in [1.82, 2.24) is 5.16 Å². The van der Waals surface area contributed by atoms with Crippen molar-refractivity contribution in [1.29, 1.82) is 0 Å². The van der Waals surface area contributed by atoms with Crippen LogP contribution in [0.1, 0.15) is 16.1 Å². The lowest BCUT2D eigenvalue weighted by Gasteiger charge is -2.02. The van der Waals surface area contributed by atoms with E-state index in [0.717, 1.165) is 11.1 Å². The fraction of sp³-hybridized carbons (Fsp3) is 0.0588. The summed E-state index contributed by atoms with van der Waals surface area (Å²) in [6.45, 7) is 2.00. The summed E-state index contributed by atoms with van der Waals surface area (Å²) in [5.41, 5.74) is 2.67. The third-order valence-electron chi connectivity index (χ3n) is 3.18. The van der Waals surface area contributed by atoms with Gasteiger partial charge in [-0.25, -0.2) is 0 Å². The number of amides is 1. The molecular formula is C17H14N2O3. The molecule has 0 aliphatic carbocycles. The first-order valence-electron chi connectivity index (χ1n) is 6.76. The van der Waals surface area contributed by atoms with Crippen LogP contribution in [0.25, 0.3) is 11.3 Å². The van der Waals surface area contributed by atoms with Crippen LogP contribution in [0, 0.1) is 6.92 Å². The van der Waals surface area contributed by atoms with Crippen LogP contribution in [0.2, 0.25) is 0 Å². The number of aryl methyl sites for hydroxylation is 1. The van der Waals surface area contributed by atoms with E-state index in [2.05, 4.69) is 10.5 Å². The molecule has 0 atom stereocenters. The molecule has 1 heterocycles. The van der Waals surface area contributed by atoms with Gasteiger partial charge < -0.3 is 14.9 Å². The average Bonchev–Trinajstić information content (AvgIpc) is 2.98. The number of aromatic nitrogens is 1. The Morgan fingerprint density at radius 2 is 1.91 bits per heavy atom. The second kappa shape index (κ2) is 5.73. The lowest BCUT2D eigenvalue weighted by atomic mass is 10.1. The number of anilines is 1. The number of rotatable bonds is 3. The van der Waals surface area contributed by atoms with E-state index in [4.69, 9.17) is 4.52 Å². The van der Waals surface area contributed by atoms with Crippen LogP contribution < -0.4 is 5.32 Å². The maximum atomic E-state index is 12.1. The van der Waals surface area contributed by atoms with Crippen molar-refractivity contribution in [2.75, 3.05) is 5.32 Å². The van der Waals surface area contributed by atoms with Crippen LogP contribution in [0.3, 0.4) is 0 Å². The number of phenolic OH excluding ortho intramolecular Hbond substituents is 1. The zero-order valence-electron chi connectivity index (χ0n) is 11.9. The first-order valence-corrected chi connectivity index (χ1v) is 6.76. The zero-order chi connectivity index (χ0) is 15.5. The van der Waals surface area contributed by atoms with Crippen LogP contribution in [0.15, 0.2) is 59.1 Å². The van der Waals surface area contributed by atoms with Crippen molar-refractivity contribution in [2.45, 2.75) is 6.92 Å². The standard InChI is InChI=1S/C17H14N2O3/c1-11-5-7-12(8-6-11)16-10-15(19-22-16)17(21)18-13-3-2-4-14(20)9-13/h2-10,20H,1H3,(H,18,21). The van der Waals surface area contributed by atoms with Crippen molar-refractivity contribution in [3.05, 3.63) is 65.9 Å². The summed E-state index contributed by atoms with van der Waals surface area (Å²) in [6, 6.07) is 15.6. The first-order chi connectivity index (χ1) is 10.6. The topological polar surface area (TPSA) is 75.4 Å². The summed E-state index contributed by atoms with van der Waals surface area (Å²) in [7, 11) is 0. The molecule has 2 N–H and O–H groups in total. The molecule has 1 amide bonds. The summed E-state index contributed by atoms with van der Waals surface area (Å²) in [6.07, 6.45) is 0. The van der Waals surface area contributed by atoms with E-state index in [-0.39, 0.29) is 11.4 Å². The van der Waals surface area contributed by atoms with Crippen LogP contribution in [0.5, 0.6) is 5.75 Å². The number of nitrogens with one attached hydrogen (secondary N) is 1. The van der Waals surface area contributed by atoms with Crippen LogP contribution in [0.4, 0.5) is 5.69 Å². The van der Waals surface area contributed by atoms with Crippen LogP contribution >= 0.6 is 0 Å². The van der Waals surface area contributed by atoms with Crippen LogP contribution in [-0.4, -0.2) is 16.2 Å². The van der Waals surface area contributed by atoms with Gasteiger partial charge in [0.05, 0.1) is 0 Å². The quantitative estimate of drug-likeness (QED) is 0.773. The number of hydrogen-bond donors (Lipinski definition) is 2. The fourth-order valence-corrected chi connectivity index (χ4v) is 2.01. The highest BCUT2D eigenvalue weighted by Gasteiger charge is 2.14. The maximum absolute atomic E-state index is 12.1. The van der Waals surface area contributed by atoms with E-state index in [1.807, 2.05) is 31.2 Å². The molecule has 110 valence electrons. The van der Waals surface area contributed by atoms with E-state index in [0.29, 0.717) is 11.4 Å². The molecule has 3 rings (SSSR count). The van der Waals surface area contributed by atoms with Gasteiger partial charge in [0.25, 0.3) is 5.91 Å². The van der Waals surface area contributed by atoms with Crippen molar-refractivity contribution in [3.63, 3.8) is 0 Å². The van der Waals surface area contributed by atoms with Crippen molar-refractivity contribution < 1.29 is 14.4 Å². The molecule has 0 fully saturated rings. The number of phenols is 1. The largest absolute Gasteiger partial charge is 0.508 e. The highest BCUT2D eigenvalue weighted by molar-refractivity contribution is 6.03. The first kappa shape index (κ1) is 13.9. The minimum atomic E-state index is -0.396. The number of aromatic hydroxyl groups is 1. The summed E-state index contributed by atoms with van der Waals surface area (Å²) in [4.78, 5) is 12.1. The van der Waals surface area contributed by atoms with Gasteiger partial charge in [-0.2, -0.15) is 0 Å². The molecule has 2 aromatic carbocycles. The minimum absolute atomic E-state index is 0.0818. The van der Waals surface area contributed by atoms with Gasteiger partial charge in [0, 0.05) is 23.4 Å². The molecule has 0 spiro atoms. The van der Waals surface area contributed by atoms with Gasteiger partial charge in [-0.05, 0) is 19.1 Å². The number of carbonyl (C=O) groups is 1. The molecule has 3 aromatic rings. The Morgan fingerprint density at radius 1 is 1.14 bits per heavy atom. The Labute approximate surface area is 127 Å². The molecule has 5 heteroatoms. The molecule has 0 saturated carbocycles. The minimum Gasteiger partial charge on any atom is -0.508 e. The van der Waals surface area contributed by atoms with E-state index < -0.39 is 5.91 Å². The van der Waals surface area contributed by atoms with Gasteiger partial charge in [0.2, 0.25) is 0 Å². The third kappa shape index (κ3) is 2.98. The van der Waals surface area contributed by atoms with E-state index in [1.54, 1.807) is 18.2 Å². The lowest BCUT2D eigenvalue weighted by Crippen LogP contribution is -2.11. The Balaban J connectivity index is 1.78. The van der Waals surface area contributed by atoms with E-state index in [1.165, 1.54) is 12.1 Å². The van der Waals surface area contributed by atoms with Gasteiger partial charge in [-0.3, -0.25) is 4.79 Å². The molecule has 0 radical (unpaired) electrons. The predicted octanol–water partition coefficient (Wildman–Crippen LogP) is 3.61. The second-order valence-electron chi connectivity index (χ2n) is 4.95. The molecule has 1 aromatic heterocycles. The summed E-state index contributed by atoms with van der Waals surface area (Å²) >= 11 is 0. The van der Waals surface area contributed by atoms with Gasteiger partial charge >= 0.3 is 0 Å². The molecule has 0 aliphatic heterocycles. The average molecular weight is 294 g/mol.